The van der Waals surface area contributed by atoms with Gasteiger partial charge >= 0.3 is 6.18 Å². The predicted molar refractivity (Wildman–Crippen MR) is 53.3 cm³/mol. The van der Waals surface area contributed by atoms with E-state index in [1.165, 1.54) is 12.3 Å². The Labute approximate surface area is 93.8 Å². The molecule has 0 amide bonds. The van der Waals surface area contributed by atoms with Gasteiger partial charge in [0.05, 0.1) is 11.2 Å². The lowest BCUT2D eigenvalue weighted by molar-refractivity contribution is -0.141. The summed E-state index contributed by atoms with van der Waals surface area (Å²) >= 11 is 5.64. The molecular weight excluding hydrogens is 243 g/mol. The van der Waals surface area contributed by atoms with Gasteiger partial charge in [-0.15, -0.1) is 0 Å². The highest BCUT2D eigenvalue weighted by Crippen LogP contribution is 2.24. The number of nitrogens with zero attached hydrogens (tertiary/aromatic N) is 3. The molecule has 0 unspecified atom stereocenters. The van der Waals surface area contributed by atoms with Crippen LogP contribution in [0, 0.1) is 6.92 Å². The first-order valence-electron chi connectivity index (χ1n) is 4.42. The molecule has 0 atom stereocenters. The van der Waals surface area contributed by atoms with Crippen LogP contribution >= 0.6 is 11.6 Å². The molecule has 86 valence electrons. The van der Waals surface area contributed by atoms with Crippen LogP contribution in [-0.4, -0.2) is 20.9 Å². The average molecular weight is 250 g/mol. The Bertz CT molecular complexity index is 533. The fourth-order valence-corrected chi connectivity index (χ4v) is 1.64. The van der Waals surface area contributed by atoms with Crippen molar-refractivity contribution in [1.29, 1.82) is 0 Å². The third kappa shape index (κ3) is 2.11. The van der Waals surface area contributed by atoms with Crippen molar-refractivity contribution < 1.29 is 13.2 Å². The van der Waals surface area contributed by atoms with Gasteiger partial charge in [-0.2, -0.15) is 18.3 Å². The second-order valence-corrected chi connectivity index (χ2v) is 3.77. The van der Waals surface area contributed by atoms with Crippen molar-refractivity contribution in [3.63, 3.8) is 0 Å². The summed E-state index contributed by atoms with van der Waals surface area (Å²) in [6.45, 7) is 0.502. The fraction of sp³-hybridized carbons (Fsp3) is 0.333. The Balaban J connectivity index is 2.57. The van der Waals surface area contributed by atoms with Crippen LogP contribution in [-0.2, 0) is 6.54 Å². The Morgan fingerprint density at radius 2 is 2.12 bits per heavy atom. The second kappa shape index (κ2) is 3.62. The van der Waals surface area contributed by atoms with Crippen LogP contribution in [0.4, 0.5) is 13.2 Å². The van der Waals surface area contributed by atoms with Crippen molar-refractivity contribution >= 4 is 22.5 Å². The van der Waals surface area contributed by atoms with Crippen LogP contribution in [0.2, 0.25) is 5.15 Å². The van der Waals surface area contributed by atoms with Gasteiger partial charge in [-0.05, 0) is 6.92 Å². The number of aryl methyl sites for hydroxylation is 1. The van der Waals surface area contributed by atoms with Gasteiger partial charge in [-0.25, -0.2) is 4.98 Å². The van der Waals surface area contributed by atoms with Crippen molar-refractivity contribution in [3.8, 4) is 0 Å². The summed E-state index contributed by atoms with van der Waals surface area (Å²) in [6.07, 6.45) is -2.88. The van der Waals surface area contributed by atoms with E-state index in [9.17, 15) is 13.2 Å². The number of fused-ring (bicyclic) bond motifs is 1. The van der Waals surface area contributed by atoms with Gasteiger partial charge in [-0.3, -0.25) is 4.68 Å². The summed E-state index contributed by atoms with van der Waals surface area (Å²) in [6, 6.07) is 1.38. The van der Waals surface area contributed by atoms with Gasteiger partial charge < -0.3 is 0 Å². The van der Waals surface area contributed by atoms with Gasteiger partial charge in [-0.1, -0.05) is 11.6 Å². The number of pyridine rings is 1. The van der Waals surface area contributed by atoms with Gasteiger partial charge in [0.1, 0.15) is 11.7 Å². The molecule has 0 aliphatic rings. The molecule has 0 saturated heterocycles. The van der Waals surface area contributed by atoms with Crippen LogP contribution in [0.3, 0.4) is 0 Å². The van der Waals surface area contributed by atoms with E-state index in [2.05, 4.69) is 10.1 Å². The Kier molecular flexibility index (Phi) is 2.53. The molecule has 0 N–H and O–H groups in total. The van der Waals surface area contributed by atoms with Crippen LogP contribution in [0.25, 0.3) is 10.9 Å². The maximum Gasteiger partial charge on any atom is 0.408 e. The minimum atomic E-state index is -4.30. The Morgan fingerprint density at radius 3 is 2.75 bits per heavy atom. The highest BCUT2D eigenvalue weighted by molar-refractivity contribution is 6.30. The number of aromatic nitrogens is 3. The number of hydrogen-bond donors (Lipinski definition) is 0. The van der Waals surface area contributed by atoms with Crippen molar-refractivity contribution in [3.05, 3.63) is 23.1 Å². The molecule has 0 aromatic carbocycles. The standard InChI is InChI=1S/C9H7ClF3N3/c1-5-6-3-14-8(10)2-7(6)16(15-5)4-9(11,12)13/h2-3H,4H2,1H3. The van der Waals surface area contributed by atoms with E-state index >= 15 is 0 Å². The minimum absolute atomic E-state index is 0.149. The smallest absolute Gasteiger partial charge is 0.255 e. The lowest BCUT2D eigenvalue weighted by Crippen LogP contribution is -2.18. The number of hydrogen-bond acceptors (Lipinski definition) is 2. The van der Waals surface area contributed by atoms with Gasteiger partial charge in [0.25, 0.3) is 0 Å². The van der Waals surface area contributed by atoms with E-state index in [0.29, 0.717) is 16.6 Å². The molecule has 7 heteroatoms. The first kappa shape index (κ1) is 11.2. The van der Waals surface area contributed by atoms with E-state index in [0.717, 1.165) is 4.68 Å². The van der Waals surface area contributed by atoms with Crippen LogP contribution in [0.15, 0.2) is 12.3 Å². The normalized spacial score (nSPS) is 12.3. The summed E-state index contributed by atoms with van der Waals surface area (Å²) < 4.78 is 37.7. The zero-order valence-corrected chi connectivity index (χ0v) is 8.97. The van der Waals surface area contributed by atoms with E-state index in [4.69, 9.17) is 11.6 Å². The number of halogens is 4. The molecule has 0 saturated carbocycles. The van der Waals surface area contributed by atoms with E-state index in [-0.39, 0.29) is 5.15 Å². The molecule has 0 fully saturated rings. The van der Waals surface area contributed by atoms with Crippen LogP contribution < -0.4 is 0 Å². The summed E-state index contributed by atoms with van der Waals surface area (Å²) in [4.78, 5) is 3.81. The molecule has 0 aliphatic carbocycles. The summed E-state index contributed by atoms with van der Waals surface area (Å²) in [5, 5.41) is 4.54. The van der Waals surface area contributed by atoms with Crippen molar-refractivity contribution in [1.82, 2.24) is 14.8 Å². The number of rotatable bonds is 1. The highest BCUT2D eigenvalue weighted by atomic mass is 35.5. The maximum atomic E-state index is 12.3. The first-order chi connectivity index (χ1) is 7.37. The third-order valence-electron chi connectivity index (χ3n) is 2.12. The zero-order chi connectivity index (χ0) is 11.9. The largest absolute Gasteiger partial charge is 0.408 e. The first-order valence-corrected chi connectivity index (χ1v) is 4.80. The van der Waals surface area contributed by atoms with Crippen molar-refractivity contribution in [2.24, 2.45) is 0 Å². The van der Waals surface area contributed by atoms with Crippen molar-refractivity contribution in [2.45, 2.75) is 19.6 Å². The zero-order valence-electron chi connectivity index (χ0n) is 8.22. The highest BCUT2D eigenvalue weighted by Gasteiger charge is 2.29. The molecule has 2 aromatic heterocycles. The molecule has 2 rings (SSSR count). The molecule has 0 bridgehead atoms. The summed E-state index contributed by atoms with van der Waals surface area (Å²) in [5.41, 5.74) is 0.846. The predicted octanol–water partition coefficient (Wildman–Crippen LogP) is 2.96. The quantitative estimate of drug-likeness (QED) is 0.728. The molecule has 2 heterocycles. The van der Waals surface area contributed by atoms with Gasteiger partial charge in [0, 0.05) is 17.6 Å². The van der Waals surface area contributed by atoms with E-state index in [1.54, 1.807) is 6.92 Å². The fourth-order valence-electron chi connectivity index (χ4n) is 1.49. The maximum absolute atomic E-state index is 12.3. The van der Waals surface area contributed by atoms with Crippen LogP contribution in [0.1, 0.15) is 5.69 Å². The van der Waals surface area contributed by atoms with E-state index < -0.39 is 12.7 Å². The number of alkyl halides is 3. The monoisotopic (exact) mass is 249 g/mol. The molecule has 0 spiro atoms. The average Bonchev–Trinajstić information content (AvgIpc) is 2.40. The van der Waals surface area contributed by atoms with Crippen LogP contribution in [0.5, 0.6) is 0 Å². The SMILES string of the molecule is Cc1nn(CC(F)(F)F)c2cc(Cl)ncc12. The molecule has 0 radical (unpaired) electrons. The second-order valence-electron chi connectivity index (χ2n) is 3.38. The molecular formula is C9H7ClF3N3. The van der Waals surface area contributed by atoms with Gasteiger partial charge in [0.15, 0.2) is 0 Å². The minimum Gasteiger partial charge on any atom is -0.255 e. The van der Waals surface area contributed by atoms with E-state index in [1.807, 2.05) is 0 Å². The van der Waals surface area contributed by atoms with Crippen molar-refractivity contribution in [2.75, 3.05) is 0 Å². The third-order valence-corrected chi connectivity index (χ3v) is 2.32. The lowest BCUT2D eigenvalue weighted by Gasteiger charge is -2.07. The lowest BCUT2D eigenvalue weighted by atomic mass is 10.3. The Morgan fingerprint density at radius 1 is 1.44 bits per heavy atom. The summed E-state index contributed by atoms with van der Waals surface area (Å²) in [7, 11) is 0. The summed E-state index contributed by atoms with van der Waals surface area (Å²) in [5.74, 6) is 0. The molecule has 16 heavy (non-hydrogen) atoms. The van der Waals surface area contributed by atoms with Gasteiger partial charge in [0.2, 0.25) is 0 Å². The molecule has 3 nitrogen and oxygen atoms in total. The molecule has 0 aliphatic heterocycles. The topological polar surface area (TPSA) is 30.7 Å². The Hall–Kier alpha value is -1.30. The molecule has 2 aromatic rings.